The number of benzene rings is 2. The first kappa shape index (κ1) is 17.2. The SMILES string of the molecule is Cc1cc(F)ccc1S(=O)(=O)NCc1nnc(-c2ccccc2F)o1. The molecule has 3 aromatic rings. The largest absolute Gasteiger partial charge is 0.419 e. The van der Waals surface area contributed by atoms with Gasteiger partial charge < -0.3 is 4.42 Å². The molecule has 2 aromatic carbocycles. The molecule has 25 heavy (non-hydrogen) atoms. The Kier molecular flexibility index (Phi) is 4.60. The smallest absolute Gasteiger partial charge is 0.250 e. The molecular weight excluding hydrogens is 352 g/mol. The van der Waals surface area contributed by atoms with Crippen molar-refractivity contribution in [3.05, 3.63) is 65.6 Å². The number of aromatic nitrogens is 2. The van der Waals surface area contributed by atoms with Gasteiger partial charge in [-0.15, -0.1) is 10.2 Å². The van der Waals surface area contributed by atoms with Crippen LogP contribution in [0.15, 0.2) is 51.8 Å². The first-order valence-corrected chi connectivity index (χ1v) is 8.68. The summed E-state index contributed by atoms with van der Waals surface area (Å²) < 4.78 is 58.9. The van der Waals surface area contributed by atoms with Gasteiger partial charge in [0.2, 0.25) is 15.9 Å². The zero-order valence-corrected chi connectivity index (χ0v) is 13.8. The van der Waals surface area contributed by atoms with Crippen LogP contribution in [0.25, 0.3) is 11.5 Å². The second kappa shape index (κ2) is 6.69. The summed E-state index contributed by atoms with van der Waals surface area (Å²) in [7, 11) is -3.89. The number of nitrogens with zero attached hydrogens (tertiary/aromatic N) is 2. The fraction of sp³-hybridized carbons (Fsp3) is 0.125. The molecule has 0 aliphatic heterocycles. The van der Waals surface area contributed by atoms with Crippen LogP contribution in [0, 0.1) is 18.6 Å². The molecule has 0 amide bonds. The van der Waals surface area contributed by atoms with E-state index in [4.69, 9.17) is 4.42 Å². The first-order valence-electron chi connectivity index (χ1n) is 7.20. The van der Waals surface area contributed by atoms with Gasteiger partial charge in [-0.1, -0.05) is 12.1 Å². The van der Waals surface area contributed by atoms with Crippen LogP contribution in [-0.4, -0.2) is 18.6 Å². The summed E-state index contributed by atoms with van der Waals surface area (Å²) in [6, 6.07) is 9.21. The Hall–Kier alpha value is -2.65. The number of halogens is 2. The molecule has 0 atom stereocenters. The van der Waals surface area contributed by atoms with E-state index in [-0.39, 0.29) is 34.3 Å². The molecule has 6 nitrogen and oxygen atoms in total. The van der Waals surface area contributed by atoms with Crippen LogP contribution in [0.4, 0.5) is 8.78 Å². The molecule has 1 heterocycles. The molecule has 0 unspecified atom stereocenters. The van der Waals surface area contributed by atoms with Gasteiger partial charge in [0.25, 0.3) is 5.89 Å². The predicted octanol–water partition coefficient (Wildman–Crippen LogP) is 2.80. The molecular formula is C16H13F2N3O3S. The molecule has 1 aromatic heterocycles. The molecule has 0 aliphatic rings. The van der Waals surface area contributed by atoms with Gasteiger partial charge in [0.15, 0.2) is 0 Å². The molecule has 0 spiro atoms. The Bertz CT molecular complexity index is 1020. The molecule has 0 bridgehead atoms. The highest BCUT2D eigenvalue weighted by Crippen LogP contribution is 2.21. The Labute approximate surface area is 142 Å². The molecule has 0 saturated carbocycles. The zero-order valence-electron chi connectivity index (χ0n) is 13.0. The van der Waals surface area contributed by atoms with Gasteiger partial charge in [-0.2, -0.15) is 0 Å². The summed E-state index contributed by atoms with van der Waals surface area (Å²) in [6.45, 7) is 1.21. The normalized spacial score (nSPS) is 11.6. The Morgan fingerprint density at radius 2 is 1.88 bits per heavy atom. The summed E-state index contributed by atoms with van der Waals surface area (Å²) >= 11 is 0. The lowest BCUT2D eigenvalue weighted by Crippen LogP contribution is -2.24. The van der Waals surface area contributed by atoms with E-state index in [0.717, 1.165) is 12.1 Å². The molecule has 0 aliphatic carbocycles. The lowest BCUT2D eigenvalue weighted by Gasteiger charge is -2.07. The third-order valence-electron chi connectivity index (χ3n) is 3.41. The molecule has 1 N–H and O–H groups in total. The van der Waals surface area contributed by atoms with Crippen LogP contribution in [0.2, 0.25) is 0 Å². The van der Waals surface area contributed by atoms with Crippen molar-refractivity contribution >= 4 is 10.0 Å². The van der Waals surface area contributed by atoms with Crippen molar-refractivity contribution in [1.82, 2.24) is 14.9 Å². The van der Waals surface area contributed by atoms with Gasteiger partial charge in [-0.3, -0.25) is 0 Å². The summed E-state index contributed by atoms with van der Waals surface area (Å²) in [4.78, 5) is -0.0530. The van der Waals surface area contributed by atoms with Crippen LogP contribution in [0.5, 0.6) is 0 Å². The summed E-state index contributed by atoms with van der Waals surface area (Å²) in [5.74, 6) is -1.13. The van der Waals surface area contributed by atoms with E-state index in [1.165, 1.54) is 31.2 Å². The average molecular weight is 365 g/mol. The number of aryl methyl sites for hydroxylation is 1. The number of sulfonamides is 1. The predicted molar refractivity (Wildman–Crippen MR) is 84.9 cm³/mol. The van der Waals surface area contributed by atoms with Gasteiger partial charge in [-0.25, -0.2) is 21.9 Å². The molecule has 3 rings (SSSR count). The van der Waals surface area contributed by atoms with E-state index >= 15 is 0 Å². The van der Waals surface area contributed by atoms with Crippen LogP contribution >= 0.6 is 0 Å². The maximum atomic E-state index is 13.7. The van der Waals surface area contributed by atoms with Crippen LogP contribution in [0.1, 0.15) is 11.5 Å². The Morgan fingerprint density at radius 1 is 1.12 bits per heavy atom. The van der Waals surface area contributed by atoms with Gasteiger partial charge >= 0.3 is 0 Å². The van der Waals surface area contributed by atoms with Crippen molar-refractivity contribution < 1.29 is 21.6 Å². The topological polar surface area (TPSA) is 85.1 Å². The number of rotatable bonds is 5. The van der Waals surface area contributed by atoms with Crippen molar-refractivity contribution in [3.63, 3.8) is 0 Å². The highest BCUT2D eigenvalue weighted by molar-refractivity contribution is 7.89. The van der Waals surface area contributed by atoms with Crippen molar-refractivity contribution in [2.24, 2.45) is 0 Å². The fourth-order valence-corrected chi connectivity index (χ4v) is 3.42. The van der Waals surface area contributed by atoms with Crippen molar-refractivity contribution in [3.8, 4) is 11.5 Å². The van der Waals surface area contributed by atoms with E-state index in [1.807, 2.05) is 0 Å². The van der Waals surface area contributed by atoms with Crippen molar-refractivity contribution in [2.45, 2.75) is 18.4 Å². The number of hydrogen-bond donors (Lipinski definition) is 1. The monoisotopic (exact) mass is 365 g/mol. The van der Waals surface area contributed by atoms with Gasteiger partial charge in [-0.05, 0) is 42.8 Å². The van der Waals surface area contributed by atoms with E-state index in [1.54, 1.807) is 6.07 Å². The van der Waals surface area contributed by atoms with Crippen LogP contribution in [0.3, 0.4) is 0 Å². The maximum absolute atomic E-state index is 13.7. The minimum absolute atomic E-state index is 0.0263. The third-order valence-corrected chi connectivity index (χ3v) is 4.97. The molecule has 130 valence electrons. The van der Waals surface area contributed by atoms with Crippen molar-refractivity contribution in [1.29, 1.82) is 0 Å². The summed E-state index contributed by atoms with van der Waals surface area (Å²) in [5, 5.41) is 7.41. The molecule has 9 heteroatoms. The summed E-state index contributed by atoms with van der Waals surface area (Å²) in [5.41, 5.74) is 0.392. The highest BCUT2D eigenvalue weighted by Gasteiger charge is 2.19. The van der Waals surface area contributed by atoms with E-state index in [2.05, 4.69) is 14.9 Å². The zero-order chi connectivity index (χ0) is 18.0. The first-order chi connectivity index (χ1) is 11.9. The van der Waals surface area contributed by atoms with E-state index in [9.17, 15) is 17.2 Å². The second-order valence-corrected chi connectivity index (χ2v) is 6.95. The lowest BCUT2D eigenvalue weighted by atomic mass is 10.2. The molecule has 0 radical (unpaired) electrons. The molecule has 0 saturated heterocycles. The number of hydrogen-bond acceptors (Lipinski definition) is 5. The quantitative estimate of drug-likeness (QED) is 0.751. The Morgan fingerprint density at radius 3 is 2.60 bits per heavy atom. The van der Waals surface area contributed by atoms with E-state index in [0.29, 0.717) is 0 Å². The van der Waals surface area contributed by atoms with Gasteiger partial charge in [0, 0.05) is 0 Å². The van der Waals surface area contributed by atoms with Gasteiger partial charge in [0.05, 0.1) is 17.0 Å². The van der Waals surface area contributed by atoms with Crippen LogP contribution in [-0.2, 0) is 16.6 Å². The molecule has 0 fully saturated rings. The van der Waals surface area contributed by atoms with Crippen LogP contribution < -0.4 is 4.72 Å². The summed E-state index contributed by atoms with van der Waals surface area (Å²) in [6.07, 6.45) is 0. The fourth-order valence-electron chi connectivity index (χ4n) is 2.22. The average Bonchev–Trinajstić information content (AvgIpc) is 3.02. The highest BCUT2D eigenvalue weighted by atomic mass is 32.2. The minimum Gasteiger partial charge on any atom is -0.419 e. The standard InChI is InChI=1S/C16H13F2N3O3S/c1-10-8-11(17)6-7-14(10)25(22,23)19-9-15-20-21-16(24-15)12-4-2-3-5-13(12)18/h2-8,19H,9H2,1H3. The minimum atomic E-state index is -3.89. The number of nitrogens with one attached hydrogen (secondary N) is 1. The second-order valence-electron chi connectivity index (χ2n) is 5.22. The van der Waals surface area contributed by atoms with Gasteiger partial charge in [0.1, 0.15) is 11.6 Å². The third kappa shape index (κ3) is 3.72. The maximum Gasteiger partial charge on any atom is 0.250 e. The lowest BCUT2D eigenvalue weighted by molar-refractivity contribution is 0.490. The Balaban J connectivity index is 1.77. The van der Waals surface area contributed by atoms with Crippen molar-refractivity contribution in [2.75, 3.05) is 0 Å². The van der Waals surface area contributed by atoms with E-state index < -0.39 is 21.7 Å².